The summed E-state index contributed by atoms with van der Waals surface area (Å²) in [5.74, 6) is -0.920. The molecule has 6 heteroatoms. The van der Waals surface area contributed by atoms with Gasteiger partial charge >= 0.3 is 17.9 Å². The lowest BCUT2D eigenvalue weighted by Gasteiger charge is -2.18. The van der Waals surface area contributed by atoms with Crippen LogP contribution in [0.5, 0.6) is 0 Å². The summed E-state index contributed by atoms with van der Waals surface area (Å²) in [4.78, 5) is 37.8. The minimum absolute atomic E-state index is 0.0850. The lowest BCUT2D eigenvalue weighted by Crippen LogP contribution is -2.30. The van der Waals surface area contributed by atoms with Gasteiger partial charge in [-0.15, -0.1) is 0 Å². The molecule has 0 saturated heterocycles. The second-order valence-electron chi connectivity index (χ2n) is 16.0. The van der Waals surface area contributed by atoms with Crippen molar-refractivity contribution in [1.82, 2.24) is 0 Å². The van der Waals surface area contributed by atoms with Crippen LogP contribution in [0, 0.1) is 0 Å². The average Bonchev–Trinajstić information content (AvgIpc) is 3.21. The molecule has 0 rings (SSSR count). The number of carbonyl (C=O) groups is 3. The standard InChI is InChI=1S/C51H90O6/c1-4-7-10-13-16-19-21-23-24-25-26-28-29-32-35-38-41-44-50(53)56-47-48(46-55-49(52)43-40-37-34-31-18-15-12-9-6-3)57-51(54)45-42-39-36-33-30-27-22-20-17-14-11-8-5-2/h8,11,17,20,23-24,27,30,48H,4-7,9-10,12-16,18-19,21-22,25-26,28-29,31-47H2,1-3H3/b11-8-,20-17-,24-23-,30-27-. The second kappa shape index (κ2) is 46.1. The third kappa shape index (κ3) is 44.3. The molecule has 0 aliphatic carbocycles. The molecule has 0 aromatic heterocycles. The summed E-state index contributed by atoms with van der Waals surface area (Å²) in [6.45, 7) is 6.47. The minimum atomic E-state index is -0.785. The van der Waals surface area contributed by atoms with E-state index in [2.05, 4.69) is 69.4 Å². The summed E-state index contributed by atoms with van der Waals surface area (Å²) in [6, 6.07) is 0. The Morgan fingerprint density at radius 1 is 0.368 bits per heavy atom. The molecule has 0 amide bonds. The zero-order valence-electron chi connectivity index (χ0n) is 37.6. The third-order valence-electron chi connectivity index (χ3n) is 10.3. The summed E-state index contributed by atoms with van der Waals surface area (Å²) >= 11 is 0. The van der Waals surface area contributed by atoms with Crippen molar-refractivity contribution in [2.45, 2.75) is 245 Å². The fourth-order valence-corrected chi connectivity index (χ4v) is 6.69. The van der Waals surface area contributed by atoms with Crippen molar-refractivity contribution in [1.29, 1.82) is 0 Å². The summed E-state index contributed by atoms with van der Waals surface area (Å²) in [5, 5.41) is 0. The van der Waals surface area contributed by atoms with Crippen LogP contribution in [-0.4, -0.2) is 37.2 Å². The van der Waals surface area contributed by atoms with Gasteiger partial charge in [0.25, 0.3) is 0 Å². The average molecular weight is 799 g/mol. The molecule has 0 aromatic carbocycles. The number of rotatable bonds is 43. The van der Waals surface area contributed by atoms with Gasteiger partial charge in [0.15, 0.2) is 6.10 Å². The Bertz CT molecular complexity index is 1010. The maximum absolute atomic E-state index is 12.7. The Labute approximate surface area is 352 Å². The molecule has 330 valence electrons. The molecule has 6 nitrogen and oxygen atoms in total. The second-order valence-corrected chi connectivity index (χ2v) is 16.0. The highest BCUT2D eigenvalue weighted by atomic mass is 16.6. The van der Waals surface area contributed by atoms with Crippen molar-refractivity contribution in [3.63, 3.8) is 0 Å². The van der Waals surface area contributed by atoms with Crippen LogP contribution in [0.1, 0.15) is 239 Å². The van der Waals surface area contributed by atoms with Gasteiger partial charge in [-0.25, -0.2) is 0 Å². The summed E-state index contributed by atoms with van der Waals surface area (Å²) in [6.07, 6.45) is 53.8. The van der Waals surface area contributed by atoms with E-state index in [-0.39, 0.29) is 31.1 Å². The molecule has 0 heterocycles. The Kier molecular flexibility index (Phi) is 43.9. The molecule has 0 spiro atoms. The van der Waals surface area contributed by atoms with Crippen molar-refractivity contribution < 1.29 is 28.6 Å². The first kappa shape index (κ1) is 54.4. The predicted octanol–water partition coefficient (Wildman–Crippen LogP) is 15.5. The van der Waals surface area contributed by atoms with E-state index in [0.717, 1.165) is 83.5 Å². The maximum atomic E-state index is 12.7. The van der Waals surface area contributed by atoms with Crippen LogP contribution < -0.4 is 0 Å². The van der Waals surface area contributed by atoms with Gasteiger partial charge in [0.2, 0.25) is 0 Å². The van der Waals surface area contributed by atoms with Crippen LogP contribution in [0.2, 0.25) is 0 Å². The number of allylic oxidation sites excluding steroid dienone is 8. The lowest BCUT2D eigenvalue weighted by atomic mass is 10.1. The van der Waals surface area contributed by atoms with Gasteiger partial charge in [0.1, 0.15) is 13.2 Å². The van der Waals surface area contributed by atoms with Crippen molar-refractivity contribution in [2.24, 2.45) is 0 Å². The first-order valence-electron chi connectivity index (χ1n) is 24.1. The van der Waals surface area contributed by atoms with Crippen LogP contribution in [0.3, 0.4) is 0 Å². The smallest absolute Gasteiger partial charge is 0.306 e. The van der Waals surface area contributed by atoms with Crippen LogP contribution in [0.4, 0.5) is 0 Å². The molecular weight excluding hydrogens is 709 g/mol. The van der Waals surface area contributed by atoms with Gasteiger partial charge < -0.3 is 14.2 Å². The number of esters is 3. The topological polar surface area (TPSA) is 78.9 Å². The first-order valence-corrected chi connectivity index (χ1v) is 24.1. The van der Waals surface area contributed by atoms with Crippen LogP contribution in [-0.2, 0) is 28.6 Å². The fourth-order valence-electron chi connectivity index (χ4n) is 6.69. The summed E-state index contributed by atoms with van der Waals surface area (Å²) in [7, 11) is 0. The minimum Gasteiger partial charge on any atom is -0.462 e. The van der Waals surface area contributed by atoms with Crippen LogP contribution in [0.25, 0.3) is 0 Å². The third-order valence-corrected chi connectivity index (χ3v) is 10.3. The first-order chi connectivity index (χ1) is 28.0. The number of unbranched alkanes of at least 4 members (excludes halogenated alkanes) is 24. The van der Waals surface area contributed by atoms with E-state index >= 15 is 0 Å². The van der Waals surface area contributed by atoms with E-state index in [0.29, 0.717) is 19.3 Å². The molecule has 57 heavy (non-hydrogen) atoms. The molecule has 0 aliphatic heterocycles. The molecule has 0 aromatic rings. The molecule has 0 bridgehead atoms. The molecular formula is C51H90O6. The Morgan fingerprint density at radius 2 is 0.684 bits per heavy atom. The molecule has 0 aliphatic rings. The van der Waals surface area contributed by atoms with Crippen LogP contribution >= 0.6 is 0 Å². The Balaban J connectivity index is 4.35. The van der Waals surface area contributed by atoms with Gasteiger partial charge in [-0.05, 0) is 77.0 Å². The zero-order chi connectivity index (χ0) is 41.5. The summed E-state index contributed by atoms with van der Waals surface area (Å²) < 4.78 is 16.7. The van der Waals surface area contributed by atoms with Crippen molar-refractivity contribution >= 4 is 17.9 Å². The van der Waals surface area contributed by atoms with Gasteiger partial charge in [-0.1, -0.05) is 191 Å². The highest BCUT2D eigenvalue weighted by molar-refractivity contribution is 5.71. The van der Waals surface area contributed by atoms with Gasteiger partial charge in [-0.3, -0.25) is 14.4 Å². The largest absolute Gasteiger partial charge is 0.462 e. The molecule has 1 atom stereocenters. The van der Waals surface area contributed by atoms with Crippen LogP contribution in [0.15, 0.2) is 48.6 Å². The molecule has 1 unspecified atom stereocenters. The number of hydrogen-bond donors (Lipinski definition) is 0. The lowest BCUT2D eigenvalue weighted by molar-refractivity contribution is -0.167. The molecule has 0 radical (unpaired) electrons. The fraction of sp³-hybridized carbons (Fsp3) is 0.784. The van der Waals surface area contributed by atoms with Crippen molar-refractivity contribution in [3.05, 3.63) is 48.6 Å². The van der Waals surface area contributed by atoms with E-state index in [9.17, 15) is 14.4 Å². The summed E-state index contributed by atoms with van der Waals surface area (Å²) in [5.41, 5.74) is 0. The zero-order valence-corrected chi connectivity index (χ0v) is 37.6. The molecule has 0 fully saturated rings. The van der Waals surface area contributed by atoms with E-state index in [1.54, 1.807) is 0 Å². The van der Waals surface area contributed by atoms with Gasteiger partial charge in [0.05, 0.1) is 0 Å². The normalized spacial score (nSPS) is 12.4. The molecule has 0 N–H and O–H groups in total. The number of hydrogen-bond acceptors (Lipinski definition) is 6. The molecule has 0 saturated carbocycles. The highest BCUT2D eigenvalue weighted by Crippen LogP contribution is 2.14. The monoisotopic (exact) mass is 799 g/mol. The van der Waals surface area contributed by atoms with Crippen molar-refractivity contribution in [3.8, 4) is 0 Å². The highest BCUT2D eigenvalue weighted by Gasteiger charge is 2.19. The van der Waals surface area contributed by atoms with E-state index in [1.165, 1.54) is 116 Å². The Hall–Kier alpha value is -2.63. The quantitative estimate of drug-likeness (QED) is 0.0265. The number of ether oxygens (including phenoxy) is 3. The predicted molar refractivity (Wildman–Crippen MR) is 242 cm³/mol. The SMILES string of the molecule is CC/C=C\C/C=C\C/C=C\CCCCCC(=O)OC(COC(=O)CCCCCCCCC/C=C\CCCCCCCC)COC(=O)CCCCCCCCCCC. The van der Waals surface area contributed by atoms with E-state index < -0.39 is 6.10 Å². The van der Waals surface area contributed by atoms with Gasteiger partial charge in [0, 0.05) is 19.3 Å². The van der Waals surface area contributed by atoms with Gasteiger partial charge in [-0.2, -0.15) is 0 Å². The van der Waals surface area contributed by atoms with E-state index in [1.807, 2.05) is 0 Å². The Morgan fingerprint density at radius 3 is 1.11 bits per heavy atom. The number of carbonyl (C=O) groups excluding carboxylic acids is 3. The van der Waals surface area contributed by atoms with E-state index in [4.69, 9.17) is 14.2 Å². The van der Waals surface area contributed by atoms with Crippen molar-refractivity contribution in [2.75, 3.05) is 13.2 Å². The maximum Gasteiger partial charge on any atom is 0.306 e.